The van der Waals surface area contributed by atoms with Crippen LogP contribution in [0.4, 0.5) is 16.8 Å². The first-order valence-corrected chi connectivity index (χ1v) is 9.17. The molecule has 26 heavy (non-hydrogen) atoms. The van der Waals surface area contributed by atoms with Crippen LogP contribution in [0.2, 0.25) is 0 Å². The minimum Gasteiger partial charge on any atom is -0.326 e. The van der Waals surface area contributed by atoms with Gasteiger partial charge in [-0.25, -0.2) is 15.0 Å². The third-order valence-electron chi connectivity index (χ3n) is 3.60. The van der Waals surface area contributed by atoms with Crippen LogP contribution in [0.25, 0.3) is 0 Å². The topological polar surface area (TPSA) is 79.8 Å². The lowest BCUT2D eigenvalue weighted by Crippen LogP contribution is -2.14. The van der Waals surface area contributed by atoms with E-state index < -0.39 is 0 Å². The quantitative estimate of drug-likeness (QED) is 0.710. The Morgan fingerprint density at radius 3 is 2.27 bits per heavy atom. The van der Waals surface area contributed by atoms with Gasteiger partial charge in [-0.1, -0.05) is 6.07 Å². The molecule has 1 amide bonds. The number of benzene rings is 1. The maximum atomic E-state index is 12.3. The van der Waals surface area contributed by atoms with Crippen molar-refractivity contribution in [1.82, 2.24) is 15.0 Å². The van der Waals surface area contributed by atoms with E-state index in [1.165, 1.54) is 11.3 Å². The molecule has 0 saturated heterocycles. The van der Waals surface area contributed by atoms with E-state index in [-0.39, 0.29) is 12.3 Å². The predicted molar refractivity (Wildman–Crippen MR) is 105 cm³/mol. The molecule has 6 nitrogen and oxygen atoms in total. The first kappa shape index (κ1) is 18.0. The van der Waals surface area contributed by atoms with E-state index >= 15 is 0 Å². The highest BCUT2D eigenvalue weighted by atomic mass is 32.1. The van der Waals surface area contributed by atoms with E-state index in [9.17, 15) is 4.79 Å². The third-order valence-corrected chi connectivity index (χ3v) is 4.41. The molecule has 0 fully saturated rings. The highest BCUT2D eigenvalue weighted by Gasteiger charge is 2.10. The number of rotatable bonds is 5. The van der Waals surface area contributed by atoms with Gasteiger partial charge < -0.3 is 10.6 Å². The molecule has 0 atom stereocenters. The molecule has 3 rings (SSSR count). The third kappa shape index (κ3) is 4.86. The van der Waals surface area contributed by atoms with Crippen LogP contribution < -0.4 is 10.6 Å². The second-order valence-corrected chi connectivity index (χ2v) is 7.20. The molecule has 0 aliphatic rings. The van der Waals surface area contributed by atoms with Crippen molar-refractivity contribution in [2.24, 2.45) is 0 Å². The molecule has 1 aromatic carbocycles. The Labute approximate surface area is 156 Å². The van der Waals surface area contributed by atoms with Gasteiger partial charge in [-0.3, -0.25) is 4.79 Å². The minimum absolute atomic E-state index is 0.0884. The Morgan fingerprint density at radius 1 is 0.962 bits per heavy atom. The summed E-state index contributed by atoms with van der Waals surface area (Å²) in [5.41, 5.74) is 5.55. The van der Waals surface area contributed by atoms with Crippen LogP contribution in [0, 0.1) is 27.7 Å². The zero-order valence-corrected chi connectivity index (χ0v) is 16.1. The van der Waals surface area contributed by atoms with Crippen molar-refractivity contribution in [2.45, 2.75) is 34.1 Å². The molecule has 2 heterocycles. The van der Waals surface area contributed by atoms with Crippen LogP contribution in [-0.4, -0.2) is 20.9 Å². The van der Waals surface area contributed by atoms with Gasteiger partial charge in [0.15, 0.2) is 5.13 Å². The number of nitrogens with zero attached hydrogens (tertiary/aromatic N) is 3. The Morgan fingerprint density at radius 2 is 1.62 bits per heavy atom. The summed E-state index contributed by atoms with van der Waals surface area (Å²) in [4.78, 5) is 25.4. The Kier molecular flexibility index (Phi) is 5.27. The molecule has 0 spiro atoms. The zero-order chi connectivity index (χ0) is 18.7. The van der Waals surface area contributed by atoms with Crippen molar-refractivity contribution in [3.63, 3.8) is 0 Å². The van der Waals surface area contributed by atoms with Crippen molar-refractivity contribution in [3.8, 4) is 0 Å². The van der Waals surface area contributed by atoms with Crippen molar-refractivity contribution < 1.29 is 4.79 Å². The van der Waals surface area contributed by atoms with Gasteiger partial charge >= 0.3 is 0 Å². The number of carbonyl (C=O) groups excluding carboxylic acids is 1. The lowest BCUT2D eigenvalue weighted by Gasteiger charge is -2.06. The first-order valence-electron chi connectivity index (χ1n) is 8.29. The van der Waals surface area contributed by atoms with E-state index in [0.717, 1.165) is 28.2 Å². The summed E-state index contributed by atoms with van der Waals surface area (Å²) < 4.78 is 0. The van der Waals surface area contributed by atoms with E-state index in [0.29, 0.717) is 16.8 Å². The number of thiazole rings is 1. The van der Waals surface area contributed by atoms with Crippen LogP contribution in [0.3, 0.4) is 0 Å². The molecule has 7 heteroatoms. The van der Waals surface area contributed by atoms with E-state index in [2.05, 4.69) is 31.7 Å². The maximum Gasteiger partial charge on any atom is 0.230 e. The summed E-state index contributed by atoms with van der Waals surface area (Å²) in [6.45, 7) is 7.86. The van der Waals surface area contributed by atoms with Crippen LogP contribution >= 0.6 is 11.3 Å². The SMILES string of the molecule is Cc1cc(C)cc(NC(=O)Cc2csc(Nc3nc(C)cc(C)n3)n2)c1. The fourth-order valence-corrected chi connectivity index (χ4v) is 3.44. The smallest absolute Gasteiger partial charge is 0.230 e. The number of anilines is 3. The van der Waals surface area contributed by atoms with Crippen LogP contribution in [0.5, 0.6) is 0 Å². The molecule has 0 radical (unpaired) electrons. The maximum absolute atomic E-state index is 12.3. The van der Waals surface area contributed by atoms with Gasteiger partial charge in [-0.2, -0.15) is 0 Å². The van der Waals surface area contributed by atoms with Crippen LogP contribution in [-0.2, 0) is 11.2 Å². The molecular formula is C19H21N5OS. The number of nitrogens with one attached hydrogen (secondary N) is 2. The average molecular weight is 367 g/mol. The first-order chi connectivity index (χ1) is 12.4. The van der Waals surface area contributed by atoms with Crippen molar-refractivity contribution in [1.29, 1.82) is 0 Å². The number of hydrogen-bond donors (Lipinski definition) is 2. The summed E-state index contributed by atoms with van der Waals surface area (Å²) in [7, 11) is 0. The Hall–Kier alpha value is -2.80. The minimum atomic E-state index is -0.0884. The molecule has 3 aromatic rings. The molecule has 2 aromatic heterocycles. The summed E-state index contributed by atoms with van der Waals surface area (Å²) in [5, 5.41) is 8.56. The van der Waals surface area contributed by atoms with Crippen molar-refractivity contribution >= 4 is 34.0 Å². The van der Waals surface area contributed by atoms with Gasteiger partial charge in [0.25, 0.3) is 0 Å². The highest BCUT2D eigenvalue weighted by Crippen LogP contribution is 2.20. The number of aryl methyl sites for hydroxylation is 4. The zero-order valence-electron chi connectivity index (χ0n) is 15.3. The number of hydrogen-bond acceptors (Lipinski definition) is 6. The molecule has 0 bridgehead atoms. The van der Waals surface area contributed by atoms with Crippen LogP contribution in [0.1, 0.15) is 28.2 Å². The molecule has 0 aliphatic carbocycles. The molecule has 2 N–H and O–H groups in total. The second-order valence-electron chi connectivity index (χ2n) is 6.34. The Balaban J connectivity index is 1.63. The normalized spacial score (nSPS) is 10.6. The van der Waals surface area contributed by atoms with E-state index in [1.807, 2.05) is 51.3 Å². The molecule has 0 unspecified atom stereocenters. The monoisotopic (exact) mass is 367 g/mol. The predicted octanol–water partition coefficient (Wildman–Crippen LogP) is 4.09. The fraction of sp³-hybridized carbons (Fsp3) is 0.263. The molecule has 0 aliphatic heterocycles. The van der Waals surface area contributed by atoms with Gasteiger partial charge in [-0.05, 0) is 57.0 Å². The van der Waals surface area contributed by atoms with Crippen molar-refractivity contribution in [2.75, 3.05) is 10.6 Å². The van der Waals surface area contributed by atoms with Gasteiger partial charge in [0, 0.05) is 22.5 Å². The molecule has 134 valence electrons. The van der Waals surface area contributed by atoms with Gasteiger partial charge in [0.1, 0.15) is 0 Å². The largest absolute Gasteiger partial charge is 0.326 e. The lowest BCUT2D eigenvalue weighted by atomic mass is 10.1. The summed E-state index contributed by atoms with van der Waals surface area (Å²) in [6, 6.07) is 7.89. The second kappa shape index (κ2) is 7.61. The van der Waals surface area contributed by atoms with Crippen molar-refractivity contribution in [3.05, 3.63) is 57.9 Å². The highest BCUT2D eigenvalue weighted by molar-refractivity contribution is 7.13. The van der Waals surface area contributed by atoms with Gasteiger partial charge in [-0.15, -0.1) is 11.3 Å². The van der Waals surface area contributed by atoms with Crippen LogP contribution in [0.15, 0.2) is 29.6 Å². The van der Waals surface area contributed by atoms with Gasteiger partial charge in [0.2, 0.25) is 11.9 Å². The standard InChI is InChI=1S/C19H21N5OS/c1-11-5-12(2)7-15(6-11)22-17(25)9-16-10-26-19(23-16)24-18-20-13(3)8-14(4)21-18/h5-8,10H,9H2,1-4H3,(H,22,25)(H,20,21,23,24). The van der Waals surface area contributed by atoms with E-state index in [1.54, 1.807) is 0 Å². The van der Waals surface area contributed by atoms with Gasteiger partial charge in [0.05, 0.1) is 12.1 Å². The average Bonchev–Trinajstić information content (AvgIpc) is 2.91. The molecule has 0 saturated carbocycles. The Bertz CT molecular complexity index is 910. The number of carbonyl (C=O) groups is 1. The summed E-state index contributed by atoms with van der Waals surface area (Å²) in [6.07, 6.45) is 0.221. The fourth-order valence-electron chi connectivity index (χ4n) is 2.74. The summed E-state index contributed by atoms with van der Waals surface area (Å²) >= 11 is 1.43. The molecular weight excluding hydrogens is 346 g/mol. The van der Waals surface area contributed by atoms with E-state index in [4.69, 9.17) is 0 Å². The lowest BCUT2D eigenvalue weighted by molar-refractivity contribution is -0.115. The number of aromatic nitrogens is 3. The summed E-state index contributed by atoms with van der Waals surface area (Å²) in [5.74, 6) is 0.428. The number of amides is 1.